The van der Waals surface area contributed by atoms with Crippen molar-refractivity contribution in [2.24, 2.45) is 5.92 Å². The summed E-state index contributed by atoms with van der Waals surface area (Å²) in [6.45, 7) is 2.62. The maximum atomic E-state index is 12.8. The predicted octanol–water partition coefficient (Wildman–Crippen LogP) is 3.77. The Bertz CT molecular complexity index is 735. The highest BCUT2D eigenvalue weighted by atomic mass is 32.2. The van der Waals surface area contributed by atoms with Gasteiger partial charge in [0.05, 0.1) is 5.75 Å². The third-order valence-electron chi connectivity index (χ3n) is 5.13. The Morgan fingerprint density at radius 3 is 3.04 bits per heavy atom. The van der Waals surface area contributed by atoms with Crippen LogP contribution in [0.25, 0.3) is 0 Å². The van der Waals surface area contributed by atoms with Gasteiger partial charge in [0.2, 0.25) is 0 Å². The summed E-state index contributed by atoms with van der Waals surface area (Å²) in [5, 5.41) is 0. The van der Waals surface area contributed by atoms with Gasteiger partial charge in [0, 0.05) is 37.9 Å². The van der Waals surface area contributed by atoms with E-state index in [-0.39, 0.29) is 5.91 Å². The molecule has 1 aliphatic heterocycles. The first-order valence-electron chi connectivity index (χ1n) is 9.12. The molecule has 1 saturated heterocycles. The fourth-order valence-corrected chi connectivity index (χ4v) is 4.09. The van der Waals surface area contributed by atoms with Crippen LogP contribution < -0.4 is 0 Å². The molecule has 4 rings (SSSR count). The van der Waals surface area contributed by atoms with Gasteiger partial charge in [0.25, 0.3) is 5.91 Å². The van der Waals surface area contributed by atoms with E-state index in [1.807, 2.05) is 29.5 Å². The van der Waals surface area contributed by atoms with Crippen LogP contribution >= 0.6 is 11.8 Å². The van der Waals surface area contributed by atoms with E-state index in [9.17, 15) is 4.79 Å². The van der Waals surface area contributed by atoms with Gasteiger partial charge in [-0.15, -0.1) is 0 Å². The van der Waals surface area contributed by atoms with Gasteiger partial charge < -0.3 is 13.9 Å². The number of thioether (sulfide) groups is 1. The number of amides is 1. The minimum Gasteiger partial charge on any atom is -0.455 e. The van der Waals surface area contributed by atoms with Crippen LogP contribution in [-0.4, -0.2) is 39.7 Å². The molecule has 0 N–H and O–H groups in total. The second-order valence-corrected chi connectivity index (χ2v) is 8.04. The van der Waals surface area contributed by atoms with Crippen LogP contribution in [-0.2, 0) is 12.3 Å². The zero-order valence-corrected chi connectivity index (χ0v) is 15.5. The number of hydrogen-bond donors (Lipinski definition) is 0. The molecule has 2 fully saturated rings. The summed E-state index contributed by atoms with van der Waals surface area (Å²) in [4.78, 5) is 19.4. The van der Waals surface area contributed by atoms with Crippen molar-refractivity contribution in [3.63, 3.8) is 0 Å². The zero-order chi connectivity index (χ0) is 17.2. The highest BCUT2D eigenvalue weighted by Gasteiger charge is 2.30. The molecule has 2 aromatic rings. The molecule has 6 heteroatoms. The summed E-state index contributed by atoms with van der Waals surface area (Å²) >= 11 is 1.70. The molecule has 0 aromatic carbocycles. The number of likely N-dealkylation sites (tertiary alicyclic amines) is 1. The molecule has 134 valence electrons. The molecule has 0 spiro atoms. The maximum absolute atomic E-state index is 12.8. The third kappa shape index (κ3) is 3.78. The Balaban J connectivity index is 1.45. The van der Waals surface area contributed by atoms with E-state index in [4.69, 9.17) is 4.42 Å². The van der Waals surface area contributed by atoms with Crippen LogP contribution in [0.4, 0.5) is 0 Å². The SMILES string of the molecule is CSCc1ccc(C(=O)N2CCCC(c3nccn3CC3CC3)C2)o1. The standard InChI is InChI=1S/C19H25N3O2S/c1-25-13-16-6-7-17(24-16)19(23)22-9-2-3-15(12-22)18-20-8-10-21(18)11-14-4-5-14/h6-8,10,14-15H,2-5,9,11-13H2,1H3. The smallest absolute Gasteiger partial charge is 0.289 e. The summed E-state index contributed by atoms with van der Waals surface area (Å²) in [6, 6.07) is 3.72. The molecule has 1 unspecified atom stereocenters. The number of aromatic nitrogens is 2. The minimum absolute atomic E-state index is 0.0114. The lowest BCUT2D eigenvalue weighted by Crippen LogP contribution is -2.39. The number of rotatable bonds is 6. The average molecular weight is 359 g/mol. The Morgan fingerprint density at radius 1 is 1.36 bits per heavy atom. The van der Waals surface area contributed by atoms with Crippen LogP contribution in [0, 0.1) is 5.92 Å². The Labute approximate surface area is 152 Å². The first-order chi connectivity index (χ1) is 12.2. The monoisotopic (exact) mass is 359 g/mol. The zero-order valence-electron chi connectivity index (χ0n) is 14.7. The summed E-state index contributed by atoms with van der Waals surface area (Å²) in [5.41, 5.74) is 0. The fourth-order valence-electron chi connectivity index (χ4n) is 3.65. The lowest BCUT2D eigenvalue weighted by atomic mass is 9.97. The Morgan fingerprint density at radius 2 is 2.24 bits per heavy atom. The van der Waals surface area contributed by atoms with E-state index in [0.29, 0.717) is 11.7 Å². The molecule has 1 saturated carbocycles. The molecular formula is C19H25N3O2S. The molecule has 1 amide bonds. The molecule has 0 radical (unpaired) electrons. The van der Waals surface area contributed by atoms with Gasteiger partial charge in [-0.2, -0.15) is 11.8 Å². The molecule has 5 nitrogen and oxygen atoms in total. The highest BCUT2D eigenvalue weighted by molar-refractivity contribution is 7.97. The number of nitrogens with zero attached hydrogens (tertiary/aromatic N) is 3. The second-order valence-electron chi connectivity index (χ2n) is 7.17. The lowest BCUT2D eigenvalue weighted by molar-refractivity contribution is 0.0669. The van der Waals surface area contributed by atoms with Crippen LogP contribution in [0.1, 0.15) is 53.7 Å². The molecule has 1 atom stereocenters. The number of furan rings is 1. The molecule has 1 aliphatic carbocycles. The van der Waals surface area contributed by atoms with Crippen molar-refractivity contribution < 1.29 is 9.21 Å². The quantitative estimate of drug-likeness (QED) is 0.788. The van der Waals surface area contributed by atoms with Crippen molar-refractivity contribution >= 4 is 17.7 Å². The Kier molecular flexibility index (Phi) is 4.88. The summed E-state index contributed by atoms with van der Waals surface area (Å²) in [7, 11) is 0. The molecule has 3 heterocycles. The van der Waals surface area contributed by atoms with Crippen molar-refractivity contribution in [1.82, 2.24) is 14.5 Å². The summed E-state index contributed by atoms with van der Waals surface area (Å²) < 4.78 is 8.02. The molecule has 0 bridgehead atoms. The molecular weight excluding hydrogens is 334 g/mol. The lowest BCUT2D eigenvalue weighted by Gasteiger charge is -2.32. The average Bonchev–Trinajstić information content (AvgIpc) is 3.12. The molecule has 25 heavy (non-hydrogen) atoms. The van der Waals surface area contributed by atoms with E-state index in [0.717, 1.165) is 55.7 Å². The fraction of sp³-hybridized carbons (Fsp3) is 0.579. The van der Waals surface area contributed by atoms with Crippen molar-refractivity contribution in [3.05, 3.63) is 41.9 Å². The van der Waals surface area contributed by atoms with Gasteiger partial charge in [-0.05, 0) is 50.0 Å². The summed E-state index contributed by atoms with van der Waals surface area (Å²) in [5.74, 6) is 4.44. The second kappa shape index (κ2) is 7.28. The number of carbonyl (C=O) groups excluding carboxylic acids is 1. The topological polar surface area (TPSA) is 51.3 Å². The van der Waals surface area contributed by atoms with Gasteiger partial charge in [0.15, 0.2) is 5.76 Å². The first kappa shape index (κ1) is 16.8. The molecule has 2 aliphatic rings. The van der Waals surface area contributed by atoms with Gasteiger partial charge in [0.1, 0.15) is 11.6 Å². The van der Waals surface area contributed by atoms with Crippen molar-refractivity contribution in [2.75, 3.05) is 19.3 Å². The third-order valence-corrected chi connectivity index (χ3v) is 5.71. The van der Waals surface area contributed by atoms with Gasteiger partial charge in [-0.25, -0.2) is 4.98 Å². The number of hydrogen-bond acceptors (Lipinski definition) is 4. The Hall–Kier alpha value is -1.69. The van der Waals surface area contributed by atoms with Crippen LogP contribution in [0.3, 0.4) is 0 Å². The van der Waals surface area contributed by atoms with Crippen molar-refractivity contribution in [1.29, 1.82) is 0 Å². The van der Waals surface area contributed by atoms with E-state index in [1.165, 1.54) is 12.8 Å². The van der Waals surface area contributed by atoms with Crippen molar-refractivity contribution in [2.45, 2.75) is 43.9 Å². The number of imidazole rings is 1. The van der Waals surface area contributed by atoms with Crippen molar-refractivity contribution in [3.8, 4) is 0 Å². The molecule has 2 aromatic heterocycles. The predicted molar refractivity (Wildman–Crippen MR) is 98.8 cm³/mol. The number of carbonyl (C=O) groups is 1. The van der Waals surface area contributed by atoms with E-state index in [1.54, 1.807) is 11.8 Å². The summed E-state index contributed by atoms with van der Waals surface area (Å²) in [6.07, 6.45) is 10.8. The van der Waals surface area contributed by atoms with E-state index < -0.39 is 0 Å². The number of piperidine rings is 1. The van der Waals surface area contributed by atoms with Gasteiger partial charge in [-0.1, -0.05) is 0 Å². The van der Waals surface area contributed by atoms with Gasteiger partial charge in [-0.3, -0.25) is 4.79 Å². The van der Waals surface area contributed by atoms with Gasteiger partial charge >= 0.3 is 0 Å². The van der Waals surface area contributed by atoms with E-state index in [2.05, 4.69) is 15.7 Å². The normalized spacial score (nSPS) is 20.8. The van der Waals surface area contributed by atoms with Crippen LogP contribution in [0.15, 0.2) is 28.9 Å². The maximum Gasteiger partial charge on any atom is 0.289 e. The first-order valence-corrected chi connectivity index (χ1v) is 10.5. The highest BCUT2D eigenvalue weighted by Crippen LogP contribution is 2.33. The minimum atomic E-state index is 0.0114. The van der Waals surface area contributed by atoms with Crippen LogP contribution in [0.2, 0.25) is 0 Å². The van der Waals surface area contributed by atoms with E-state index >= 15 is 0 Å². The largest absolute Gasteiger partial charge is 0.455 e. The van der Waals surface area contributed by atoms with Crippen LogP contribution in [0.5, 0.6) is 0 Å².